The maximum absolute atomic E-state index is 5.49. The van der Waals surface area contributed by atoms with E-state index in [1.807, 2.05) is 23.5 Å². The zero-order chi connectivity index (χ0) is 16.1. The predicted molar refractivity (Wildman–Crippen MR) is 102 cm³/mol. The van der Waals surface area contributed by atoms with Crippen molar-refractivity contribution in [3.05, 3.63) is 52.2 Å². The Labute approximate surface area is 147 Å². The zero-order valence-corrected chi connectivity index (χ0v) is 15.1. The minimum atomic E-state index is 0.495. The van der Waals surface area contributed by atoms with Crippen molar-refractivity contribution in [1.29, 1.82) is 0 Å². The lowest BCUT2D eigenvalue weighted by Gasteiger charge is -2.24. The van der Waals surface area contributed by atoms with Crippen LogP contribution in [0.2, 0.25) is 0 Å². The average molecular weight is 347 g/mol. The summed E-state index contributed by atoms with van der Waals surface area (Å²) in [6.07, 6.45) is 2.67. The summed E-state index contributed by atoms with van der Waals surface area (Å²) in [6, 6.07) is 13.1. The van der Waals surface area contributed by atoms with Gasteiger partial charge in [-0.05, 0) is 42.2 Å². The van der Waals surface area contributed by atoms with Crippen molar-refractivity contribution < 1.29 is 4.90 Å². The van der Waals surface area contributed by atoms with Gasteiger partial charge in [-0.1, -0.05) is 24.3 Å². The SMILES string of the molecule is Cc1ccccc1NC(=S)NC[C@@H](c1cccs1)[NH+]1CCCC1. The Kier molecular flexibility index (Phi) is 5.65. The highest BCUT2D eigenvalue weighted by Crippen LogP contribution is 2.17. The lowest BCUT2D eigenvalue weighted by Crippen LogP contribution is -3.11. The Morgan fingerprint density at radius 1 is 1.22 bits per heavy atom. The Hall–Kier alpha value is -1.43. The van der Waals surface area contributed by atoms with E-state index in [1.54, 1.807) is 4.90 Å². The third kappa shape index (κ3) is 4.31. The van der Waals surface area contributed by atoms with Crippen LogP contribution in [0.15, 0.2) is 41.8 Å². The van der Waals surface area contributed by atoms with Crippen molar-refractivity contribution in [1.82, 2.24) is 5.32 Å². The van der Waals surface area contributed by atoms with Gasteiger partial charge < -0.3 is 15.5 Å². The number of aryl methyl sites for hydroxylation is 1. The zero-order valence-electron chi connectivity index (χ0n) is 13.5. The number of benzene rings is 1. The minimum absolute atomic E-state index is 0.495. The van der Waals surface area contributed by atoms with Crippen molar-refractivity contribution in [3.63, 3.8) is 0 Å². The van der Waals surface area contributed by atoms with Gasteiger partial charge in [0.25, 0.3) is 0 Å². The van der Waals surface area contributed by atoms with Crippen molar-refractivity contribution in [2.75, 3.05) is 25.0 Å². The van der Waals surface area contributed by atoms with Crippen LogP contribution in [0, 0.1) is 6.92 Å². The molecule has 122 valence electrons. The smallest absolute Gasteiger partial charge is 0.171 e. The number of thiocarbonyl (C=S) groups is 1. The molecule has 0 aliphatic carbocycles. The van der Waals surface area contributed by atoms with Gasteiger partial charge in [-0.3, -0.25) is 0 Å². The van der Waals surface area contributed by atoms with Gasteiger partial charge in [-0.25, -0.2) is 0 Å². The van der Waals surface area contributed by atoms with Gasteiger partial charge >= 0.3 is 0 Å². The number of para-hydroxylation sites is 1. The number of nitrogens with one attached hydrogen (secondary N) is 3. The average Bonchev–Trinajstić information content (AvgIpc) is 3.23. The molecule has 0 unspecified atom stereocenters. The molecule has 1 aliphatic rings. The first-order valence-corrected chi connectivity index (χ1v) is 9.51. The third-order valence-electron chi connectivity index (χ3n) is 4.49. The molecule has 1 aromatic carbocycles. The minimum Gasteiger partial charge on any atom is -0.356 e. The van der Waals surface area contributed by atoms with Crippen molar-refractivity contribution in [3.8, 4) is 0 Å². The van der Waals surface area contributed by atoms with Crippen LogP contribution < -0.4 is 15.5 Å². The number of hydrogen-bond acceptors (Lipinski definition) is 2. The first-order chi connectivity index (χ1) is 11.2. The van der Waals surface area contributed by atoms with Crippen molar-refractivity contribution >= 4 is 34.4 Å². The fourth-order valence-corrected chi connectivity index (χ4v) is 4.27. The van der Waals surface area contributed by atoms with E-state index < -0.39 is 0 Å². The molecule has 1 saturated heterocycles. The van der Waals surface area contributed by atoms with Crippen LogP contribution in [-0.2, 0) is 0 Å². The summed E-state index contributed by atoms with van der Waals surface area (Å²) in [7, 11) is 0. The van der Waals surface area contributed by atoms with Crippen molar-refractivity contribution in [2.45, 2.75) is 25.8 Å². The summed E-state index contributed by atoms with van der Waals surface area (Å²) in [5, 5.41) is 9.62. The van der Waals surface area contributed by atoms with Gasteiger partial charge in [0.2, 0.25) is 0 Å². The van der Waals surface area contributed by atoms with E-state index >= 15 is 0 Å². The second kappa shape index (κ2) is 7.90. The fraction of sp³-hybridized carbons (Fsp3) is 0.389. The van der Waals surface area contributed by atoms with E-state index in [0.717, 1.165) is 12.2 Å². The molecular weight excluding hydrogens is 322 g/mol. The number of thiophene rings is 1. The van der Waals surface area contributed by atoms with E-state index in [-0.39, 0.29) is 0 Å². The van der Waals surface area contributed by atoms with Gasteiger partial charge in [0.15, 0.2) is 5.11 Å². The molecule has 0 radical (unpaired) electrons. The molecule has 0 saturated carbocycles. The highest BCUT2D eigenvalue weighted by molar-refractivity contribution is 7.80. The van der Waals surface area contributed by atoms with Crippen molar-refractivity contribution in [2.24, 2.45) is 0 Å². The molecular formula is C18H24N3S2+. The summed E-state index contributed by atoms with van der Waals surface area (Å²) >= 11 is 7.34. The van der Waals surface area contributed by atoms with Crippen LogP contribution in [0.4, 0.5) is 5.69 Å². The maximum Gasteiger partial charge on any atom is 0.171 e. The second-order valence-electron chi connectivity index (χ2n) is 6.08. The molecule has 2 heterocycles. The number of likely N-dealkylation sites (tertiary alicyclic amines) is 1. The predicted octanol–water partition coefficient (Wildman–Crippen LogP) is 2.76. The van der Waals surface area contributed by atoms with E-state index in [0.29, 0.717) is 11.2 Å². The third-order valence-corrected chi connectivity index (χ3v) is 5.72. The Morgan fingerprint density at radius 3 is 2.70 bits per heavy atom. The summed E-state index contributed by atoms with van der Waals surface area (Å²) < 4.78 is 0. The van der Waals surface area contributed by atoms with Crippen LogP contribution in [0.5, 0.6) is 0 Å². The number of anilines is 1. The Bertz CT molecular complexity index is 633. The highest BCUT2D eigenvalue weighted by Gasteiger charge is 2.28. The summed E-state index contributed by atoms with van der Waals surface area (Å²) in [5.41, 5.74) is 2.28. The van der Waals surface area contributed by atoms with Gasteiger partial charge in [-0.15, -0.1) is 11.3 Å². The summed E-state index contributed by atoms with van der Waals surface area (Å²) in [5.74, 6) is 0. The van der Waals surface area contributed by atoms with E-state index in [9.17, 15) is 0 Å². The van der Waals surface area contributed by atoms with E-state index in [1.165, 1.54) is 36.4 Å². The largest absolute Gasteiger partial charge is 0.356 e. The summed E-state index contributed by atoms with van der Waals surface area (Å²) in [6.45, 7) is 5.51. The molecule has 0 amide bonds. The fourth-order valence-electron chi connectivity index (χ4n) is 3.19. The molecule has 1 atom stereocenters. The first kappa shape index (κ1) is 16.4. The normalized spacial score (nSPS) is 16.2. The van der Waals surface area contributed by atoms with Gasteiger partial charge in [0.1, 0.15) is 6.04 Å². The second-order valence-corrected chi connectivity index (χ2v) is 7.47. The molecule has 0 bridgehead atoms. The quantitative estimate of drug-likeness (QED) is 0.727. The summed E-state index contributed by atoms with van der Waals surface area (Å²) in [4.78, 5) is 3.13. The molecule has 3 rings (SSSR count). The first-order valence-electron chi connectivity index (χ1n) is 8.22. The molecule has 1 aromatic heterocycles. The molecule has 5 heteroatoms. The van der Waals surface area contributed by atoms with Crippen LogP contribution in [0.3, 0.4) is 0 Å². The Morgan fingerprint density at radius 2 is 2.00 bits per heavy atom. The van der Waals surface area contributed by atoms with Crippen LogP contribution in [0.1, 0.15) is 29.3 Å². The molecule has 1 aliphatic heterocycles. The lowest BCUT2D eigenvalue weighted by atomic mass is 10.2. The van der Waals surface area contributed by atoms with E-state index in [2.05, 4.69) is 47.2 Å². The molecule has 23 heavy (non-hydrogen) atoms. The number of rotatable bonds is 5. The molecule has 0 spiro atoms. The van der Waals surface area contributed by atoms with Gasteiger partial charge in [-0.2, -0.15) is 0 Å². The van der Waals surface area contributed by atoms with Gasteiger partial charge in [0.05, 0.1) is 24.5 Å². The monoisotopic (exact) mass is 346 g/mol. The van der Waals surface area contributed by atoms with Crippen LogP contribution >= 0.6 is 23.6 Å². The van der Waals surface area contributed by atoms with E-state index in [4.69, 9.17) is 12.2 Å². The maximum atomic E-state index is 5.49. The standard InChI is InChI=1S/C18H23N3S2/c1-14-7-2-3-8-15(14)20-18(22)19-13-16(17-9-6-12-23-17)21-10-4-5-11-21/h2-3,6-9,12,16H,4-5,10-11,13H2,1H3,(H2,19,20,22)/p+1/t16-/m0/s1. The molecule has 1 fully saturated rings. The Balaban J connectivity index is 1.60. The highest BCUT2D eigenvalue weighted by atomic mass is 32.1. The lowest BCUT2D eigenvalue weighted by molar-refractivity contribution is -0.918. The van der Waals surface area contributed by atoms with Crippen LogP contribution in [0.25, 0.3) is 0 Å². The number of hydrogen-bond donors (Lipinski definition) is 3. The van der Waals surface area contributed by atoms with Crippen LogP contribution in [-0.4, -0.2) is 24.7 Å². The van der Waals surface area contributed by atoms with Gasteiger partial charge in [0, 0.05) is 18.5 Å². The molecule has 3 N–H and O–H groups in total. The molecule has 2 aromatic rings. The molecule has 3 nitrogen and oxygen atoms in total. The number of quaternary nitrogens is 1. The topological polar surface area (TPSA) is 28.5 Å².